The molecule has 166 valence electrons. The van der Waals surface area contributed by atoms with Crippen LogP contribution in [0.5, 0.6) is 0 Å². The molecule has 1 amide bonds. The Morgan fingerprint density at radius 2 is 1.77 bits per heavy atom. The van der Waals surface area contributed by atoms with Crippen molar-refractivity contribution in [2.24, 2.45) is 0 Å². The summed E-state index contributed by atoms with van der Waals surface area (Å²) in [6.07, 6.45) is -0.302. The lowest BCUT2D eigenvalue weighted by atomic mass is 10.0. The lowest BCUT2D eigenvalue weighted by Crippen LogP contribution is -2.44. The Balaban J connectivity index is 2.39. The van der Waals surface area contributed by atoms with Crippen LogP contribution in [0.2, 0.25) is 0 Å². The molecule has 0 fully saturated rings. The lowest BCUT2D eigenvalue weighted by molar-refractivity contribution is -0.146. The van der Waals surface area contributed by atoms with Gasteiger partial charge in [0.15, 0.2) is 0 Å². The van der Waals surface area contributed by atoms with Crippen molar-refractivity contribution in [3.8, 4) is 0 Å². The molecule has 1 atom stereocenters. The third-order valence-electron chi connectivity index (χ3n) is 4.20. The summed E-state index contributed by atoms with van der Waals surface area (Å²) in [6.45, 7) is 3.55. The summed E-state index contributed by atoms with van der Waals surface area (Å²) in [4.78, 5) is 46.4. The maximum atomic E-state index is 12.1. The number of carbonyl (C=O) groups is 4. The number of rotatable bonds is 12. The third kappa shape index (κ3) is 10.4. The van der Waals surface area contributed by atoms with Gasteiger partial charge in [0.1, 0.15) is 18.2 Å². The van der Waals surface area contributed by atoms with Crippen LogP contribution in [-0.2, 0) is 35.2 Å². The fourth-order valence-corrected chi connectivity index (χ4v) is 2.60. The van der Waals surface area contributed by atoms with E-state index in [0.717, 1.165) is 12.7 Å². The Kier molecular flexibility index (Phi) is 10.4. The van der Waals surface area contributed by atoms with E-state index in [1.165, 1.54) is 0 Å². The minimum absolute atomic E-state index is 0.120. The second-order valence-electron chi connectivity index (χ2n) is 7.30. The Hall–Kier alpha value is -3.10. The van der Waals surface area contributed by atoms with E-state index in [0.29, 0.717) is 12.8 Å². The number of alkyl carbamates (subject to hydrolysis) is 1. The van der Waals surface area contributed by atoms with E-state index in [-0.39, 0.29) is 31.8 Å². The first-order chi connectivity index (χ1) is 14.1. The Labute approximate surface area is 175 Å². The van der Waals surface area contributed by atoms with Crippen molar-refractivity contribution < 1.29 is 38.5 Å². The molecule has 2 N–H and O–H groups in total. The summed E-state index contributed by atoms with van der Waals surface area (Å²) >= 11 is 0. The van der Waals surface area contributed by atoms with Crippen LogP contribution in [-0.4, -0.2) is 47.9 Å². The van der Waals surface area contributed by atoms with Crippen LogP contribution < -0.4 is 5.32 Å². The number of amides is 1. The number of hydrogen-bond acceptors (Lipinski definition) is 7. The van der Waals surface area contributed by atoms with Gasteiger partial charge in [-0.3, -0.25) is 9.59 Å². The van der Waals surface area contributed by atoms with E-state index < -0.39 is 29.7 Å². The molecule has 0 bridgehead atoms. The number of nitrogens with one attached hydrogen (secondary N) is 1. The number of carbonyl (C=O) groups excluding carboxylic acids is 3. The Morgan fingerprint density at radius 3 is 2.37 bits per heavy atom. The Morgan fingerprint density at radius 1 is 1.10 bits per heavy atom. The molecule has 0 radical (unpaired) electrons. The highest BCUT2D eigenvalue weighted by Gasteiger charge is 2.27. The molecule has 0 spiro atoms. The summed E-state index contributed by atoms with van der Waals surface area (Å²) in [7, 11) is 1.14. The molecule has 0 aliphatic heterocycles. The minimum atomic E-state index is -1.12. The standard InChI is InChI=1S/C21H29NO8/c1-21(2,13-7-10-18(25)29-14-15-8-5-4-6-9-15)30-20(27)22-16(19(26)28-3)11-12-17(23)24/h4-6,8-9,16H,7,10-14H2,1-3H3,(H,22,27)(H,23,24)/t16-/m0/s1. The first-order valence-electron chi connectivity index (χ1n) is 9.61. The van der Waals surface area contributed by atoms with Crippen molar-refractivity contribution in [3.05, 3.63) is 35.9 Å². The molecule has 0 heterocycles. The maximum Gasteiger partial charge on any atom is 0.408 e. The van der Waals surface area contributed by atoms with E-state index in [1.807, 2.05) is 30.3 Å². The summed E-state index contributed by atoms with van der Waals surface area (Å²) in [5.74, 6) is -2.20. The molecule has 1 aromatic carbocycles. The number of esters is 2. The first-order valence-corrected chi connectivity index (χ1v) is 9.61. The highest BCUT2D eigenvalue weighted by atomic mass is 16.6. The number of carboxylic acids is 1. The zero-order valence-electron chi connectivity index (χ0n) is 17.5. The number of ether oxygens (including phenoxy) is 3. The number of methoxy groups -OCH3 is 1. The molecule has 0 aromatic heterocycles. The highest BCUT2D eigenvalue weighted by Crippen LogP contribution is 2.19. The quantitative estimate of drug-likeness (QED) is 0.388. The molecule has 1 aromatic rings. The van der Waals surface area contributed by atoms with E-state index in [4.69, 9.17) is 14.6 Å². The zero-order chi connectivity index (χ0) is 22.6. The number of benzene rings is 1. The molecule has 0 unspecified atom stereocenters. The van der Waals surface area contributed by atoms with Crippen LogP contribution in [0.4, 0.5) is 4.79 Å². The van der Waals surface area contributed by atoms with Gasteiger partial charge in [-0.1, -0.05) is 30.3 Å². The van der Waals surface area contributed by atoms with Gasteiger partial charge in [0.25, 0.3) is 0 Å². The fraction of sp³-hybridized carbons (Fsp3) is 0.524. The number of carboxylic acid groups (broad SMARTS) is 1. The van der Waals surface area contributed by atoms with Crippen molar-refractivity contribution in [1.82, 2.24) is 5.32 Å². The summed E-state index contributed by atoms with van der Waals surface area (Å²) < 4.78 is 15.1. The topological polar surface area (TPSA) is 128 Å². The molecule has 9 nitrogen and oxygen atoms in total. The van der Waals surface area contributed by atoms with Gasteiger partial charge in [-0.15, -0.1) is 0 Å². The minimum Gasteiger partial charge on any atom is -0.481 e. The summed E-state index contributed by atoms with van der Waals surface area (Å²) in [5, 5.41) is 11.1. The van der Waals surface area contributed by atoms with E-state index in [1.54, 1.807) is 13.8 Å². The van der Waals surface area contributed by atoms with Gasteiger partial charge in [-0.25, -0.2) is 9.59 Å². The maximum absolute atomic E-state index is 12.1. The Bertz CT molecular complexity index is 717. The summed E-state index contributed by atoms with van der Waals surface area (Å²) in [6, 6.07) is 8.20. The van der Waals surface area contributed by atoms with Gasteiger partial charge in [-0.05, 0) is 38.7 Å². The molecule has 0 saturated heterocycles. The molecular weight excluding hydrogens is 394 g/mol. The molecule has 9 heteroatoms. The van der Waals surface area contributed by atoms with Crippen molar-refractivity contribution in [1.29, 1.82) is 0 Å². The van der Waals surface area contributed by atoms with Gasteiger partial charge < -0.3 is 24.6 Å². The smallest absolute Gasteiger partial charge is 0.408 e. The second-order valence-corrected chi connectivity index (χ2v) is 7.30. The molecular formula is C21H29NO8. The van der Waals surface area contributed by atoms with Crippen LogP contribution in [0.25, 0.3) is 0 Å². The average molecular weight is 423 g/mol. The van der Waals surface area contributed by atoms with E-state index in [2.05, 4.69) is 10.1 Å². The van der Waals surface area contributed by atoms with E-state index in [9.17, 15) is 19.2 Å². The predicted octanol–water partition coefficient (Wildman–Crippen LogP) is 2.81. The van der Waals surface area contributed by atoms with Gasteiger partial charge in [0.05, 0.1) is 7.11 Å². The highest BCUT2D eigenvalue weighted by molar-refractivity contribution is 5.82. The number of hydrogen-bond donors (Lipinski definition) is 2. The summed E-state index contributed by atoms with van der Waals surface area (Å²) in [5.41, 5.74) is -0.00805. The molecule has 0 saturated carbocycles. The molecule has 1 rings (SSSR count). The predicted molar refractivity (Wildman–Crippen MR) is 106 cm³/mol. The van der Waals surface area contributed by atoms with Crippen LogP contribution in [0.1, 0.15) is 51.5 Å². The van der Waals surface area contributed by atoms with Crippen LogP contribution in [0.3, 0.4) is 0 Å². The van der Waals surface area contributed by atoms with Crippen LogP contribution in [0.15, 0.2) is 30.3 Å². The monoisotopic (exact) mass is 423 g/mol. The van der Waals surface area contributed by atoms with Crippen LogP contribution >= 0.6 is 0 Å². The average Bonchev–Trinajstić information content (AvgIpc) is 2.69. The molecule has 0 aliphatic rings. The van der Waals surface area contributed by atoms with Gasteiger partial charge in [0.2, 0.25) is 0 Å². The van der Waals surface area contributed by atoms with Crippen molar-refractivity contribution in [2.75, 3.05) is 7.11 Å². The van der Waals surface area contributed by atoms with Crippen molar-refractivity contribution in [3.63, 3.8) is 0 Å². The van der Waals surface area contributed by atoms with Crippen molar-refractivity contribution >= 4 is 24.0 Å². The fourth-order valence-electron chi connectivity index (χ4n) is 2.60. The van der Waals surface area contributed by atoms with Gasteiger partial charge >= 0.3 is 24.0 Å². The SMILES string of the molecule is COC(=O)[C@H](CCC(=O)O)NC(=O)OC(C)(C)CCCC(=O)OCc1ccccc1. The normalized spacial score (nSPS) is 11.8. The largest absolute Gasteiger partial charge is 0.481 e. The molecule has 30 heavy (non-hydrogen) atoms. The van der Waals surface area contributed by atoms with Crippen LogP contribution in [0, 0.1) is 0 Å². The first kappa shape index (κ1) is 24.9. The van der Waals surface area contributed by atoms with Gasteiger partial charge in [0, 0.05) is 12.8 Å². The van der Waals surface area contributed by atoms with Crippen molar-refractivity contribution in [2.45, 2.75) is 64.2 Å². The van der Waals surface area contributed by atoms with Gasteiger partial charge in [-0.2, -0.15) is 0 Å². The third-order valence-corrected chi connectivity index (χ3v) is 4.20. The van der Waals surface area contributed by atoms with E-state index >= 15 is 0 Å². The lowest BCUT2D eigenvalue weighted by Gasteiger charge is -2.26. The zero-order valence-corrected chi connectivity index (χ0v) is 17.5. The molecule has 0 aliphatic carbocycles. The number of aliphatic carboxylic acids is 1. The second kappa shape index (κ2) is 12.5.